The van der Waals surface area contributed by atoms with Crippen LogP contribution in [0.2, 0.25) is 0 Å². The summed E-state index contributed by atoms with van der Waals surface area (Å²) in [6.07, 6.45) is -4.50. The molecule has 47 heavy (non-hydrogen) atoms. The van der Waals surface area contributed by atoms with E-state index < -0.39 is 53.0 Å². The van der Waals surface area contributed by atoms with Crippen molar-refractivity contribution in [3.8, 4) is 5.75 Å². The van der Waals surface area contributed by atoms with Gasteiger partial charge in [0.1, 0.15) is 18.0 Å². The third kappa shape index (κ3) is 7.45. The van der Waals surface area contributed by atoms with Crippen LogP contribution in [-0.4, -0.2) is 57.4 Å². The van der Waals surface area contributed by atoms with E-state index in [4.69, 9.17) is 9.47 Å². The summed E-state index contributed by atoms with van der Waals surface area (Å²) in [5, 5.41) is 11.3. The molecule has 1 unspecified atom stereocenters. The number of ether oxygens (including phenoxy) is 2. The lowest BCUT2D eigenvalue weighted by atomic mass is 9.90. The minimum atomic E-state index is -4.60. The maximum Gasteiger partial charge on any atom is 0.416 e. The minimum Gasteiger partial charge on any atom is -0.503 e. The van der Waals surface area contributed by atoms with Crippen LogP contribution in [0.5, 0.6) is 5.75 Å². The van der Waals surface area contributed by atoms with Crippen molar-refractivity contribution in [3.63, 3.8) is 0 Å². The molecule has 1 fully saturated rings. The number of aliphatic hydroxyl groups excluding tert-OH is 1. The van der Waals surface area contributed by atoms with Gasteiger partial charge in [0.05, 0.1) is 22.7 Å². The fourth-order valence-corrected chi connectivity index (χ4v) is 5.89. The maximum atomic E-state index is 14.4. The molecule has 0 radical (unpaired) electrons. The molecule has 8 nitrogen and oxygen atoms in total. The van der Waals surface area contributed by atoms with E-state index in [-0.39, 0.29) is 42.1 Å². The number of amides is 2. The van der Waals surface area contributed by atoms with Gasteiger partial charge < -0.3 is 24.4 Å². The first-order chi connectivity index (χ1) is 22.1. The van der Waals surface area contributed by atoms with Crippen LogP contribution in [-0.2, 0) is 22.3 Å². The highest BCUT2D eigenvalue weighted by Gasteiger charge is 2.48. The van der Waals surface area contributed by atoms with Crippen LogP contribution >= 0.6 is 0 Å². The number of halogens is 3. The molecule has 0 saturated carbocycles. The molecule has 1 saturated heterocycles. The van der Waals surface area contributed by atoms with Gasteiger partial charge in [-0.15, -0.1) is 0 Å². The third-order valence-corrected chi connectivity index (χ3v) is 8.17. The number of hydrogen-bond donors (Lipinski definition) is 1. The molecule has 3 aromatic carbocycles. The number of aliphatic hydroxyl groups is 1. The summed E-state index contributed by atoms with van der Waals surface area (Å²) >= 11 is 0. The van der Waals surface area contributed by atoms with Crippen molar-refractivity contribution in [2.45, 2.75) is 71.0 Å². The highest BCUT2D eigenvalue weighted by Crippen LogP contribution is 2.44. The van der Waals surface area contributed by atoms with Gasteiger partial charge >= 0.3 is 12.3 Å². The number of aryl methyl sites for hydroxylation is 1. The molecule has 2 aliphatic rings. The number of benzene rings is 3. The van der Waals surface area contributed by atoms with Crippen molar-refractivity contribution < 1.29 is 42.1 Å². The number of piperidine rings is 1. The zero-order chi connectivity index (χ0) is 34.1. The summed E-state index contributed by atoms with van der Waals surface area (Å²) in [6, 6.07) is 16.8. The average molecular weight is 651 g/mol. The third-order valence-electron chi connectivity index (χ3n) is 8.17. The Morgan fingerprint density at radius 3 is 2.17 bits per heavy atom. The first-order valence-electron chi connectivity index (χ1n) is 15.4. The monoisotopic (exact) mass is 650 g/mol. The fraction of sp³-hybridized carbons (Fsp3) is 0.361. The van der Waals surface area contributed by atoms with Gasteiger partial charge in [0.15, 0.2) is 11.5 Å². The molecule has 248 valence electrons. The molecule has 0 aliphatic carbocycles. The first kappa shape index (κ1) is 33.6. The SMILES string of the molecule is Cc1ccc(OCc2ccccc2)c(C(=O)C2=C(O)C(=O)N(C3CCN(C(=O)OC(C)(C)C)CC3)C2c2ccc(C(F)(F)F)cc2)c1. The van der Waals surface area contributed by atoms with Crippen LogP contribution in [0.25, 0.3) is 0 Å². The molecule has 3 aromatic rings. The van der Waals surface area contributed by atoms with E-state index in [1.54, 1.807) is 45.9 Å². The number of alkyl halides is 3. The Kier molecular flexibility index (Phi) is 9.38. The molecule has 0 aromatic heterocycles. The second kappa shape index (κ2) is 13.1. The smallest absolute Gasteiger partial charge is 0.416 e. The van der Waals surface area contributed by atoms with Crippen LogP contribution in [0.4, 0.5) is 18.0 Å². The Morgan fingerprint density at radius 2 is 1.57 bits per heavy atom. The predicted octanol–water partition coefficient (Wildman–Crippen LogP) is 7.57. The molecule has 1 atom stereocenters. The van der Waals surface area contributed by atoms with Gasteiger partial charge in [0.2, 0.25) is 0 Å². The van der Waals surface area contributed by atoms with E-state index in [9.17, 15) is 32.7 Å². The zero-order valence-corrected chi connectivity index (χ0v) is 26.6. The number of ketones is 1. The molecule has 1 N–H and O–H groups in total. The van der Waals surface area contributed by atoms with E-state index in [1.165, 1.54) is 21.9 Å². The molecular formula is C36H37F3N2O6. The maximum absolute atomic E-state index is 14.4. The number of rotatable bonds is 7. The van der Waals surface area contributed by atoms with Gasteiger partial charge in [-0.1, -0.05) is 54.1 Å². The van der Waals surface area contributed by atoms with Crippen LogP contribution in [0.3, 0.4) is 0 Å². The number of carbonyl (C=O) groups excluding carboxylic acids is 3. The summed E-state index contributed by atoms with van der Waals surface area (Å²) < 4.78 is 51.9. The number of carbonyl (C=O) groups is 3. The van der Waals surface area contributed by atoms with Crippen LogP contribution < -0.4 is 4.74 Å². The van der Waals surface area contributed by atoms with E-state index in [0.717, 1.165) is 23.3 Å². The first-order valence-corrected chi connectivity index (χ1v) is 15.4. The Bertz CT molecular complexity index is 1670. The lowest BCUT2D eigenvalue weighted by Crippen LogP contribution is -2.49. The standard InChI is InChI=1S/C36H37F3N2O6/c1-22-10-15-28(46-21-23-8-6-5-7-9-23)27(20-22)31(42)29-30(24-11-13-25(14-12-24)36(37,38)39)41(33(44)32(29)43)26-16-18-40(19-17-26)34(45)47-35(2,3)4/h5-15,20,26,30,43H,16-19,21H2,1-4H3. The second-order valence-electron chi connectivity index (χ2n) is 12.8. The Labute approximate surface area is 271 Å². The average Bonchev–Trinajstić information content (AvgIpc) is 3.29. The van der Waals surface area contributed by atoms with E-state index in [2.05, 4.69) is 0 Å². The number of likely N-dealkylation sites (tertiary alicyclic amines) is 1. The number of nitrogens with zero attached hydrogens (tertiary/aromatic N) is 2. The number of hydrogen-bond acceptors (Lipinski definition) is 6. The number of Topliss-reactive ketones (excluding diaryl/α,β-unsaturated/α-hetero) is 1. The van der Waals surface area contributed by atoms with Gasteiger partial charge in [-0.2, -0.15) is 13.2 Å². The van der Waals surface area contributed by atoms with Gasteiger partial charge in [-0.05, 0) is 75.9 Å². The summed E-state index contributed by atoms with van der Waals surface area (Å²) in [5.41, 5.74) is 0.0790. The zero-order valence-electron chi connectivity index (χ0n) is 26.6. The minimum absolute atomic E-state index is 0.105. The molecule has 2 heterocycles. The fourth-order valence-electron chi connectivity index (χ4n) is 5.89. The lowest BCUT2D eigenvalue weighted by Gasteiger charge is -2.40. The van der Waals surface area contributed by atoms with Gasteiger partial charge in [-0.25, -0.2) is 4.79 Å². The van der Waals surface area contributed by atoms with Gasteiger partial charge in [-0.3, -0.25) is 9.59 Å². The van der Waals surface area contributed by atoms with Crippen molar-refractivity contribution in [2.24, 2.45) is 0 Å². The van der Waals surface area contributed by atoms with E-state index in [0.29, 0.717) is 12.8 Å². The Hall–Kier alpha value is -4.80. The predicted molar refractivity (Wildman–Crippen MR) is 168 cm³/mol. The van der Waals surface area contributed by atoms with Gasteiger partial charge in [0, 0.05) is 19.1 Å². The quantitative estimate of drug-likeness (QED) is 0.265. The van der Waals surface area contributed by atoms with Crippen LogP contribution in [0, 0.1) is 6.92 Å². The molecule has 0 spiro atoms. The summed E-state index contributed by atoms with van der Waals surface area (Å²) in [7, 11) is 0. The summed E-state index contributed by atoms with van der Waals surface area (Å²) in [6.45, 7) is 7.69. The molecule has 0 bridgehead atoms. The highest BCUT2D eigenvalue weighted by atomic mass is 19.4. The highest BCUT2D eigenvalue weighted by molar-refractivity contribution is 6.17. The van der Waals surface area contributed by atoms with Crippen LogP contribution in [0.1, 0.15) is 72.3 Å². The Balaban J connectivity index is 1.50. The van der Waals surface area contributed by atoms with Crippen molar-refractivity contribution >= 4 is 17.8 Å². The molecule has 2 aliphatic heterocycles. The van der Waals surface area contributed by atoms with Gasteiger partial charge in [0.25, 0.3) is 5.91 Å². The molecular weight excluding hydrogens is 613 g/mol. The van der Waals surface area contributed by atoms with E-state index in [1.807, 2.05) is 30.3 Å². The van der Waals surface area contributed by atoms with Crippen molar-refractivity contribution in [1.82, 2.24) is 9.80 Å². The largest absolute Gasteiger partial charge is 0.503 e. The van der Waals surface area contributed by atoms with Crippen LogP contribution in [0.15, 0.2) is 84.1 Å². The van der Waals surface area contributed by atoms with Crippen molar-refractivity contribution in [3.05, 3.63) is 112 Å². The Morgan fingerprint density at radius 1 is 0.936 bits per heavy atom. The molecule has 11 heteroatoms. The molecule has 2 amide bonds. The topological polar surface area (TPSA) is 96.4 Å². The lowest BCUT2D eigenvalue weighted by molar-refractivity contribution is -0.137. The second-order valence-corrected chi connectivity index (χ2v) is 12.8. The molecule has 5 rings (SSSR count). The normalized spacial score (nSPS) is 17.7. The van der Waals surface area contributed by atoms with Crippen molar-refractivity contribution in [2.75, 3.05) is 13.1 Å². The van der Waals surface area contributed by atoms with Crippen molar-refractivity contribution in [1.29, 1.82) is 0 Å². The summed E-state index contributed by atoms with van der Waals surface area (Å²) in [4.78, 5) is 43.7. The van der Waals surface area contributed by atoms with E-state index >= 15 is 0 Å². The summed E-state index contributed by atoms with van der Waals surface area (Å²) in [5.74, 6) is -2.04.